The number of amides is 2. The molecule has 148 valence electrons. The van der Waals surface area contributed by atoms with Crippen LogP contribution < -0.4 is 10.2 Å². The van der Waals surface area contributed by atoms with Crippen molar-refractivity contribution in [2.75, 3.05) is 30.9 Å². The first-order valence-electron chi connectivity index (χ1n) is 9.73. The van der Waals surface area contributed by atoms with E-state index in [1.807, 2.05) is 43.0 Å². The lowest BCUT2D eigenvalue weighted by molar-refractivity contribution is 0.0635. The zero-order valence-corrected chi connectivity index (χ0v) is 17.0. The zero-order chi connectivity index (χ0) is 20.3. The van der Waals surface area contributed by atoms with Crippen LogP contribution in [0.1, 0.15) is 52.5 Å². The Morgan fingerprint density at radius 3 is 2.50 bits per heavy atom. The number of likely N-dealkylation sites (tertiary alicyclic amines) is 1. The highest BCUT2D eigenvalue weighted by Gasteiger charge is 2.24. The van der Waals surface area contributed by atoms with Crippen molar-refractivity contribution in [3.63, 3.8) is 0 Å². The summed E-state index contributed by atoms with van der Waals surface area (Å²) >= 11 is 0. The van der Waals surface area contributed by atoms with Crippen molar-refractivity contribution in [1.82, 2.24) is 9.88 Å². The molecule has 1 unspecified atom stereocenters. The van der Waals surface area contributed by atoms with E-state index in [2.05, 4.69) is 17.2 Å². The van der Waals surface area contributed by atoms with E-state index >= 15 is 0 Å². The first-order chi connectivity index (χ1) is 13.4. The SMILES string of the molecule is Cc1cc(C(=O)N2CCCCC2C)ccc1NC(=O)c1ccc(N(C)C)nc1. The molecule has 28 heavy (non-hydrogen) atoms. The molecule has 1 aromatic carbocycles. The van der Waals surface area contributed by atoms with Crippen LogP contribution in [0.4, 0.5) is 11.5 Å². The molecule has 2 heterocycles. The van der Waals surface area contributed by atoms with E-state index in [-0.39, 0.29) is 17.9 Å². The van der Waals surface area contributed by atoms with Gasteiger partial charge in [0.1, 0.15) is 5.82 Å². The Morgan fingerprint density at radius 2 is 1.89 bits per heavy atom. The number of nitrogens with zero attached hydrogens (tertiary/aromatic N) is 3. The molecule has 2 aromatic rings. The summed E-state index contributed by atoms with van der Waals surface area (Å²) in [7, 11) is 3.80. The fourth-order valence-corrected chi connectivity index (χ4v) is 3.48. The van der Waals surface area contributed by atoms with Gasteiger partial charge in [-0.2, -0.15) is 0 Å². The molecule has 2 amide bonds. The maximum absolute atomic E-state index is 12.8. The number of hydrogen-bond acceptors (Lipinski definition) is 4. The van der Waals surface area contributed by atoms with Gasteiger partial charge in [-0.1, -0.05) is 0 Å². The Hall–Kier alpha value is -2.89. The second-order valence-corrected chi connectivity index (χ2v) is 7.63. The fraction of sp³-hybridized carbons (Fsp3) is 0.409. The largest absolute Gasteiger partial charge is 0.363 e. The topological polar surface area (TPSA) is 65.5 Å². The van der Waals surface area contributed by atoms with Crippen molar-refractivity contribution in [1.29, 1.82) is 0 Å². The van der Waals surface area contributed by atoms with Gasteiger partial charge >= 0.3 is 0 Å². The van der Waals surface area contributed by atoms with Gasteiger partial charge in [-0.05, 0) is 69.0 Å². The summed E-state index contributed by atoms with van der Waals surface area (Å²) in [6.45, 7) is 4.82. The van der Waals surface area contributed by atoms with Gasteiger partial charge < -0.3 is 15.1 Å². The summed E-state index contributed by atoms with van der Waals surface area (Å²) in [5, 5.41) is 2.91. The molecule has 1 N–H and O–H groups in total. The van der Waals surface area contributed by atoms with E-state index in [1.54, 1.807) is 24.4 Å². The smallest absolute Gasteiger partial charge is 0.257 e. The third kappa shape index (κ3) is 4.32. The molecule has 1 atom stereocenters. The number of aryl methyl sites for hydroxylation is 1. The number of hydrogen-bond donors (Lipinski definition) is 1. The predicted octanol–water partition coefficient (Wildman–Crippen LogP) is 3.72. The molecule has 1 aliphatic heterocycles. The van der Waals surface area contributed by atoms with E-state index in [0.29, 0.717) is 16.8 Å². The molecule has 1 fully saturated rings. The van der Waals surface area contributed by atoms with Crippen LogP contribution in [-0.4, -0.2) is 48.4 Å². The number of carbonyl (C=O) groups is 2. The molecule has 3 rings (SSSR count). The highest BCUT2D eigenvalue weighted by Crippen LogP contribution is 2.23. The number of pyridine rings is 1. The Labute approximate surface area is 166 Å². The maximum atomic E-state index is 12.8. The molecule has 0 saturated carbocycles. The first kappa shape index (κ1) is 19.9. The van der Waals surface area contributed by atoms with E-state index < -0.39 is 0 Å². The highest BCUT2D eigenvalue weighted by atomic mass is 16.2. The Morgan fingerprint density at radius 1 is 1.14 bits per heavy atom. The summed E-state index contributed by atoms with van der Waals surface area (Å²) in [5.41, 5.74) is 2.72. The van der Waals surface area contributed by atoms with E-state index in [9.17, 15) is 9.59 Å². The minimum atomic E-state index is -0.218. The van der Waals surface area contributed by atoms with Gasteiger partial charge in [0, 0.05) is 44.1 Å². The van der Waals surface area contributed by atoms with Crippen LogP contribution in [0.15, 0.2) is 36.5 Å². The van der Waals surface area contributed by atoms with Gasteiger partial charge in [0.25, 0.3) is 11.8 Å². The average Bonchev–Trinajstić information content (AvgIpc) is 2.69. The lowest BCUT2D eigenvalue weighted by Crippen LogP contribution is -2.42. The van der Waals surface area contributed by atoms with Crippen LogP contribution in [0, 0.1) is 6.92 Å². The minimum absolute atomic E-state index is 0.0663. The lowest BCUT2D eigenvalue weighted by Gasteiger charge is -2.33. The molecule has 1 aliphatic rings. The van der Waals surface area contributed by atoms with Crippen molar-refractivity contribution in [2.24, 2.45) is 0 Å². The summed E-state index contributed by atoms with van der Waals surface area (Å²) in [6, 6.07) is 9.29. The predicted molar refractivity (Wildman–Crippen MR) is 112 cm³/mol. The van der Waals surface area contributed by atoms with Gasteiger partial charge in [0.15, 0.2) is 0 Å². The van der Waals surface area contributed by atoms with Crippen LogP contribution in [0.3, 0.4) is 0 Å². The Kier molecular flexibility index (Phi) is 5.97. The summed E-state index contributed by atoms with van der Waals surface area (Å²) in [6.07, 6.45) is 4.86. The van der Waals surface area contributed by atoms with Gasteiger partial charge in [0.2, 0.25) is 0 Å². The van der Waals surface area contributed by atoms with Crippen molar-refractivity contribution in [3.8, 4) is 0 Å². The van der Waals surface area contributed by atoms with Gasteiger partial charge in [-0.25, -0.2) is 4.98 Å². The molecule has 1 saturated heterocycles. The quantitative estimate of drug-likeness (QED) is 0.878. The Balaban J connectivity index is 1.71. The first-order valence-corrected chi connectivity index (χ1v) is 9.73. The van der Waals surface area contributed by atoms with Gasteiger partial charge in [-0.3, -0.25) is 9.59 Å². The van der Waals surface area contributed by atoms with E-state index in [4.69, 9.17) is 0 Å². The van der Waals surface area contributed by atoms with E-state index in [0.717, 1.165) is 30.8 Å². The number of carbonyl (C=O) groups excluding carboxylic acids is 2. The number of nitrogens with one attached hydrogen (secondary N) is 1. The van der Waals surface area contributed by atoms with Crippen LogP contribution >= 0.6 is 0 Å². The number of piperidine rings is 1. The summed E-state index contributed by atoms with van der Waals surface area (Å²) in [5.74, 6) is 0.642. The monoisotopic (exact) mass is 380 g/mol. The average molecular weight is 380 g/mol. The van der Waals surface area contributed by atoms with Gasteiger partial charge in [0.05, 0.1) is 5.56 Å². The number of rotatable bonds is 4. The van der Waals surface area contributed by atoms with Gasteiger partial charge in [-0.15, -0.1) is 0 Å². The third-order valence-corrected chi connectivity index (χ3v) is 5.25. The van der Waals surface area contributed by atoms with Crippen molar-refractivity contribution < 1.29 is 9.59 Å². The number of benzene rings is 1. The molecule has 0 radical (unpaired) electrons. The van der Waals surface area contributed by atoms with Crippen molar-refractivity contribution in [2.45, 2.75) is 39.2 Å². The fourth-order valence-electron chi connectivity index (χ4n) is 3.48. The zero-order valence-electron chi connectivity index (χ0n) is 17.0. The molecule has 0 aliphatic carbocycles. The molecular weight excluding hydrogens is 352 g/mol. The second-order valence-electron chi connectivity index (χ2n) is 7.63. The normalized spacial score (nSPS) is 16.6. The van der Waals surface area contributed by atoms with Crippen LogP contribution in [-0.2, 0) is 0 Å². The maximum Gasteiger partial charge on any atom is 0.257 e. The highest BCUT2D eigenvalue weighted by molar-refractivity contribution is 6.05. The summed E-state index contributed by atoms with van der Waals surface area (Å²) in [4.78, 5) is 33.5. The standard InChI is InChI=1S/C22H28N4O2/c1-15-13-17(22(28)26-12-6-5-7-16(26)2)8-10-19(15)24-21(27)18-9-11-20(23-14-18)25(3)4/h8-11,13-14,16H,5-7,12H2,1-4H3,(H,24,27). The molecule has 6 heteroatoms. The van der Waals surface area contributed by atoms with Crippen LogP contribution in [0.2, 0.25) is 0 Å². The molecule has 1 aromatic heterocycles. The molecular formula is C22H28N4O2. The Bertz CT molecular complexity index is 861. The molecule has 0 spiro atoms. The lowest BCUT2D eigenvalue weighted by atomic mass is 10.0. The second kappa shape index (κ2) is 8.42. The molecule has 0 bridgehead atoms. The third-order valence-electron chi connectivity index (χ3n) is 5.25. The van der Waals surface area contributed by atoms with Crippen molar-refractivity contribution in [3.05, 3.63) is 53.2 Å². The van der Waals surface area contributed by atoms with Crippen LogP contribution in [0.5, 0.6) is 0 Å². The number of anilines is 2. The minimum Gasteiger partial charge on any atom is -0.363 e. The summed E-state index contributed by atoms with van der Waals surface area (Å²) < 4.78 is 0. The van der Waals surface area contributed by atoms with E-state index in [1.165, 1.54) is 6.42 Å². The number of aromatic nitrogens is 1. The van der Waals surface area contributed by atoms with Crippen LogP contribution in [0.25, 0.3) is 0 Å². The molecule has 6 nitrogen and oxygen atoms in total. The van der Waals surface area contributed by atoms with Crippen molar-refractivity contribution >= 4 is 23.3 Å².